The quantitative estimate of drug-likeness (QED) is 0.105. The van der Waals surface area contributed by atoms with Crippen LogP contribution in [0.3, 0.4) is 0 Å². The Labute approximate surface area is 417 Å². The molecule has 0 unspecified atom stereocenters. The second-order valence-corrected chi connectivity index (χ2v) is 19.4. The van der Waals surface area contributed by atoms with Crippen LogP contribution in [0.15, 0.2) is 255 Å². The highest BCUT2D eigenvalue weighted by Gasteiger charge is 2.31. The summed E-state index contributed by atoms with van der Waals surface area (Å²) in [7, 11) is 0. The first kappa shape index (κ1) is 42.1. The van der Waals surface area contributed by atoms with Crippen LogP contribution in [0.25, 0.3) is 97.7 Å². The van der Waals surface area contributed by atoms with Crippen LogP contribution in [-0.2, 0) is 0 Å². The zero-order valence-electron chi connectivity index (χ0n) is 39.2. The molecule has 0 aliphatic rings. The fourth-order valence-electron chi connectivity index (χ4n) is 12.0. The Morgan fingerprint density at radius 3 is 0.819 bits per heavy atom. The first-order valence-electron chi connectivity index (χ1n) is 24.8. The van der Waals surface area contributed by atoms with Crippen LogP contribution >= 0.6 is 0 Å². The van der Waals surface area contributed by atoms with Crippen molar-refractivity contribution >= 4 is 122 Å². The first-order chi connectivity index (χ1) is 35.5. The molecule has 0 aliphatic carbocycles. The molecule has 0 fully saturated rings. The van der Waals surface area contributed by atoms with Crippen molar-refractivity contribution in [2.75, 3.05) is 0 Å². The summed E-state index contributed by atoms with van der Waals surface area (Å²) < 4.78 is 33.4. The van der Waals surface area contributed by atoms with Gasteiger partial charge in [0.25, 0.3) is 0 Å². The van der Waals surface area contributed by atoms with Gasteiger partial charge in [-0.25, -0.2) is 8.78 Å². The fraction of sp³-hybridized carbons (Fsp3) is 0. The summed E-state index contributed by atoms with van der Waals surface area (Å²) in [6, 6.07) is 89.0. The Balaban J connectivity index is 1.15. The van der Waals surface area contributed by atoms with Gasteiger partial charge in [-0.1, -0.05) is 275 Å². The molecule has 0 bridgehead atoms. The summed E-state index contributed by atoms with van der Waals surface area (Å²) in [6.07, 6.45) is 0. The molecule has 14 rings (SSSR count). The van der Waals surface area contributed by atoms with E-state index in [1.54, 1.807) is 24.3 Å². The van der Waals surface area contributed by atoms with E-state index in [1.807, 2.05) is 24.3 Å². The molecule has 0 aromatic heterocycles. The third-order valence-electron chi connectivity index (χ3n) is 15.3. The van der Waals surface area contributed by atoms with Crippen LogP contribution in [0.1, 0.15) is 0 Å². The van der Waals surface area contributed by atoms with Gasteiger partial charge in [-0.05, 0) is 98.7 Å². The van der Waals surface area contributed by atoms with E-state index in [2.05, 4.69) is 206 Å². The smallest absolute Gasteiger partial charge is 0.206 e. The molecule has 0 N–H and O–H groups in total. The molecule has 0 aliphatic heterocycles. The van der Waals surface area contributed by atoms with Gasteiger partial charge >= 0.3 is 0 Å². The van der Waals surface area contributed by atoms with E-state index in [0.29, 0.717) is 11.1 Å². The third kappa shape index (κ3) is 6.89. The van der Waals surface area contributed by atoms with Gasteiger partial charge in [0.05, 0.1) is 0 Å². The highest BCUT2D eigenvalue weighted by Crippen LogP contribution is 2.43. The van der Waals surface area contributed by atoms with Crippen LogP contribution in [0.5, 0.6) is 0 Å². The van der Waals surface area contributed by atoms with Gasteiger partial charge < -0.3 is 0 Å². The van der Waals surface area contributed by atoms with Gasteiger partial charge in [-0.15, -0.1) is 0 Å². The van der Waals surface area contributed by atoms with E-state index >= 15 is 8.78 Å². The lowest BCUT2D eigenvalue weighted by molar-refractivity contribution is 0.631. The number of fused-ring (bicyclic) bond motifs is 4. The molecule has 0 nitrogen and oxygen atoms in total. The number of hydrogen-bond acceptors (Lipinski definition) is 0. The average molecular weight is 919 g/mol. The highest BCUT2D eigenvalue weighted by atomic mass is 19.1. The molecule has 4 heteroatoms. The molecule has 0 radical (unpaired) electrons. The van der Waals surface area contributed by atoms with Gasteiger partial charge in [0.2, 0.25) is 13.4 Å². The van der Waals surface area contributed by atoms with E-state index < -0.39 is 0 Å². The summed E-state index contributed by atoms with van der Waals surface area (Å²) in [5.41, 5.74) is 9.39. The lowest BCUT2D eigenvalue weighted by atomic mass is 9.35. The second-order valence-electron chi connectivity index (χ2n) is 19.4. The normalized spacial score (nSPS) is 11.8. The van der Waals surface area contributed by atoms with Crippen LogP contribution in [0.4, 0.5) is 8.78 Å². The molecule has 0 saturated heterocycles. The van der Waals surface area contributed by atoms with Crippen molar-refractivity contribution in [1.82, 2.24) is 0 Å². The van der Waals surface area contributed by atoms with Crippen LogP contribution in [-0.4, -0.2) is 13.4 Å². The summed E-state index contributed by atoms with van der Waals surface area (Å²) >= 11 is 0. The number of hydrogen-bond donors (Lipinski definition) is 0. The molecular formula is C68H42B2F2. The Bertz CT molecular complexity index is 4020. The van der Waals surface area contributed by atoms with Crippen LogP contribution in [0.2, 0.25) is 0 Å². The minimum atomic E-state index is -0.285. The Morgan fingerprint density at radius 1 is 0.222 bits per heavy atom. The van der Waals surface area contributed by atoms with Gasteiger partial charge in [0.15, 0.2) is 0 Å². The number of benzene rings is 14. The average Bonchev–Trinajstić information content (AvgIpc) is 3.43. The predicted octanol–water partition coefficient (Wildman–Crippen LogP) is 13.8. The van der Waals surface area contributed by atoms with Crippen LogP contribution in [0, 0.1) is 11.6 Å². The van der Waals surface area contributed by atoms with Crippen molar-refractivity contribution in [1.29, 1.82) is 0 Å². The molecular weight excluding hydrogens is 876 g/mol. The van der Waals surface area contributed by atoms with Crippen molar-refractivity contribution in [3.8, 4) is 22.3 Å². The molecule has 0 amide bonds. The van der Waals surface area contributed by atoms with E-state index in [1.165, 1.54) is 21.5 Å². The molecule has 0 heterocycles. The standard InChI is InChI=1S/C68H42B2F2/c71-65-23-11-9-21-55(65)61-41-63(69(51-29-25-43-13-1-5-17-47(43)37-51)52-30-26-44-14-2-6-18-48(44)38-52)59-35-33-58-62(56-22-10-12-24-66(56)72)42-64(60-36-34-57(61)67(59)68(58)60)70(53-31-27-45-15-3-7-19-49(45)39-53)54-32-28-46-16-4-8-20-50(46)40-54/h1-42H. The van der Waals surface area contributed by atoms with Gasteiger partial charge in [-0.3, -0.25) is 0 Å². The summed E-state index contributed by atoms with van der Waals surface area (Å²) in [5.74, 6) is -0.571. The van der Waals surface area contributed by atoms with Crippen molar-refractivity contribution in [2.24, 2.45) is 0 Å². The maximum Gasteiger partial charge on any atom is 0.242 e. The van der Waals surface area contributed by atoms with Gasteiger partial charge in [-0.2, -0.15) is 0 Å². The third-order valence-corrected chi connectivity index (χ3v) is 15.3. The minimum absolute atomic E-state index is 0.247. The summed E-state index contributed by atoms with van der Waals surface area (Å²) in [6.45, 7) is -0.495. The maximum absolute atomic E-state index is 16.7. The van der Waals surface area contributed by atoms with Crippen LogP contribution < -0.4 is 32.8 Å². The molecule has 14 aromatic carbocycles. The minimum Gasteiger partial charge on any atom is -0.206 e. The predicted molar refractivity (Wildman–Crippen MR) is 306 cm³/mol. The van der Waals surface area contributed by atoms with Gasteiger partial charge in [0, 0.05) is 11.1 Å². The Kier molecular flexibility index (Phi) is 9.89. The summed E-state index contributed by atoms with van der Waals surface area (Å²) in [4.78, 5) is 0. The molecule has 334 valence electrons. The molecule has 0 atom stereocenters. The van der Waals surface area contributed by atoms with E-state index in [4.69, 9.17) is 0 Å². The number of halogens is 2. The van der Waals surface area contributed by atoms with Crippen molar-refractivity contribution in [3.63, 3.8) is 0 Å². The second kappa shape index (κ2) is 16.9. The zero-order chi connectivity index (χ0) is 47.9. The topological polar surface area (TPSA) is 0 Å². The van der Waals surface area contributed by atoms with E-state index in [-0.39, 0.29) is 25.1 Å². The largest absolute Gasteiger partial charge is 0.242 e. The maximum atomic E-state index is 16.7. The number of rotatable bonds is 8. The zero-order valence-corrected chi connectivity index (χ0v) is 39.2. The van der Waals surface area contributed by atoms with Crippen molar-refractivity contribution < 1.29 is 8.78 Å². The van der Waals surface area contributed by atoms with E-state index in [9.17, 15) is 0 Å². The van der Waals surface area contributed by atoms with Crippen molar-refractivity contribution in [2.45, 2.75) is 0 Å². The first-order valence-corrected chi connectivity index (χ1v) is 24.8. The molecule has 14 aromatic rings. The fourth-order valence-corrected chi connectivity index (χ4v) is 12.0. The lowest BCUT2D eigenvalue weighted by Crippen LogP contribution is -2.52. The van der Waals surface area contributed by atoms with Gasteiger partial charge in [0.1, 0.15) is 11.6 Å². The highest BCUT2D eigenvalue weighted by molar-refractivity contribution is 6.98. The lowest BCUT2D eigenvalue weighted by Gasteiger charge is -2.26. The van der Waals surface area contributed by atoms with Crippen molar-refractivity contribution in [3.05, 3.63) is 266 Å². The molecule has 72 heavy (non-hydrogen) atoms. The Morgan fingerprint density at radius 2 is 0.500 bits per heavy atom. The van der Waals surface area contributed by atoms with E-state index in [0.717, 1.165) is 97.8 Å². The summed E-state index contributed by atoms with van der Waals surface area (Å²) in [5, 5.41) is 15.4. The monoisotopic (exact) mass is 918 g/mol. The molecule has 0 spiro atoms. The molecule has 0 saturated carbocycles. The Hall–Kier alpha value is -8.85. The SMILES string of the molecule is Fc1ccccc1-c1cc(B(c2ccc3ccccc3c2)c2ccc3ccccc3c2)c2ccc3c(-c4ccccc4F)cc(B(c4ccc5ccccc5c4)c4ccc5ccccc5c4)c4ccc1c2c43.